The number of fused-ring (bicyclic) bond motifs is 1. The summed E-state index contributed by atoms with van der Waals surface area (Å²) in [4.78, 5) is 43.5. The zero-order valence-corrected chi connectivity index (χ0v) is 15.2. The van der Waals surface area contributed by atoms with Crippen LogP contribution in [0.5, 0.6) is 0 Å². The first-order chi connectivity index (χ1) is 12.0. The number of amides is 4. The van der Waals surface area contributed by atoms with Gasteiger partial charge in [-0.2, -0.15) is 0 Å². The summed E-state index contributed by atoms with van der Waals surface area (Å²) in [5.41, 5.74) is -0.619. The molecule has 4 fully saturated rings. The van der Waals surface area contributed by atoms with Crippen molar-refractivity contribution in [2.45, 2.75) is 76.3 Å². The lowest BCUT2D eigenvalue weighted by Gasteiger charge is -2.37. The summed E-state index contributed by atoms with van der Waals surface area (Å²) in [5.74, 6) is 0.474. The van der Waals surface area contributed by atoms with Crippen molar-refractivity contribution in [3.05, 3.63) is 0 Å². The second-order valence-corrected chi connectivity index (χ2v) is 8.38. The topological polar surface area (TPSA) is 60.9 Å². The lowest BCUT2D eigenvalue weighted by Crippen LogP contribution is -2.51. The predicted octanol–water partition coefficient (Wildman–Crippen LogP) is 2.37. The molecule has 25 heavy (non-hydrogen) atoms. The summed E-state index contributed by atoms with van der Waals surface area (Å²) in [6.45, 7) is 3.94. The molecule has 0 aromatic heterocycles. The fourth-order valence-electron chi connectivity index (χ4n) is 5.24. The van der Waals surface area contributed by atoms with Crippen LogP contribution in [0.1, 0.15) is 64.7 Å². The number of nitrogens with zero attached hydrogens (tertiary/aromatic N) is 3. The molecular formula is C19H29N3O3. The Balaban J connectivity index is 1.38. The molecule has 4 aliphatic rings. The third-order valence-electron chi connectivity index (χ3n) is 6.85. The zero-order valence-electron chi connectivity index (χ0n) is 15.2. The van der Waals surface area contributed by atoms with Gasteiger partial charge < -0.3 is 9.80 Å². The first-order valence-corrected chi connectivity index (χ1v) is 9.96. The van der Waals surface area contributed by atoms with E-state index in [0.29, 0.717) is 25.5 Å². The number of rotatable bonds is 2. The molecule has 1 saturated carbocycles. The van der Waals surface area contributed by atoms with Crippen LogP contribution in [0.25, 0.3) is 0 Å². The van der Waals surface area contributed by atoms with E-state index in [-0.39, 0.29) is 23.9 Å². The molecule has 0 bridgehead atoms. The molecule has 3 saturated heterocycles. The lowest BCUT2D eigenvalue weighted by molar-refractivity contribution is -0.139. The van der Waals surface area contributed by atoms with Gasteiger partial charge in [0.1, 0.15) is 5.54 Å². The number of imide groups is 1. The average molecular weight is 347 g/mol. The Bertz CT molecular complexity index is 578. The maximum atomic E-state index is 12.9. The van der Waals surface area contributed by atoms with Gasteiger partial charge in [0, 0.05) is 31.6 Å². The van der Waals surface area contributed by atoms with Gasteiger partial charge in [-0.1, -0.05) is 19.3 Å². The average Bonchev–Trinajstić information content (AvgIpc) is 3.12. The van der Waals surface area contributed by atoms with E-state index in [1.54, 1.807) is 4.90 Å². The maximum Gasteiger partial charge on any atom is 0.327 e. The van der Waals surface area contributed by atoms with Crippen LogP contribution < -0.4 is 0 Å². The van der Waals surface area contributed by atoms with E-state index in [1.807, 2.05) is 11.8 Å². The van der Waals surface area contributed by atoms with Gasteiger partial charge in [0.15, 0.2) is 0 Å². The fraction of sp³-hybridized carbons (Fsp3) is 0.842. The van der Waals surface area contributed by atoms with Crippen molar-refractivity contribution >= 4 is 17.8 Å². The fourth-order valence-corrected chi connectivity index (χ4v) is 5.24. The smallest absolute Gasteiger partial charge is 0.327 e. The summed E-state index contributed by atoms with van der Waals surface area (Å²) in [6.07, 6.45) is 8.75. The maximum absolute atomic E-state index is 12.9. The number of carbonyl (C=O) groups is 3. The van der Waals surface area contributed by atoms with Crippen LogP contribution in [0.2, 0.25) is 0 Å². The van der Waals surface area contributed by atoms with Crippen molar-refractivity contribution in [2.75, 3.05) is 19.6 Å². The first-order valence-electron chi connectivity index (χ1n) is 9.96. The second-order valence-electron chi connectivity index (χ2n) is 8.38. The van der Waals surface area contributed by atoms with Gasteiger partial charge in [0.25, 0.3) is 5.91 Å². The third kappa shape index (κ3) is 2.64. The molecule has 1 atom stereocenters. The summed E-state index contributed by atoms with van der Waals surface area (Å²) < 4.78 is 0. The lowest BCUT2D eigenvalue weighted by atomic mass is 9.87. The van der Waals surface area contributed by atoms with Crippen molar-refractivity contribution < 1.29 is 14.4 Å². The second kappa shape index (κ2) is 6.29. The van der Waals surface area contributed by atoms with E-state index >= 15 is 0 Å². The minimum atomic E-state index is -0.619. The highest BCUT2D eigenvalue weighted by atomic mass is 16.2. The van der Waals surface area contributed by atoms with Gasteiger partial charge in [-0.15, -0.1) is 0 Å². The van der Waals surface area contributed by atoms with E-state index < -0.39 is 5.54 Å². The van der Waals surface area contributed by atoms with Crippen LogP contribution in [-0.2, 0) is 9.59 Å². The molecule has 3 aliphatic heterocycles. The quantitative estimate of drug-likeness (QED) is 0.721. The van der Waals surface area contributed by atoms with Crippen LogP contribution in [0, 0.1) is 5.92 Å². The van der Waals surface area contributed by atoms with Crippen molar-refractivity contribution in [3.63, 3.8) is 0 Å². The zero-order chi connectivity index (χ0) is 17.6. The number of carbonyl (C=O) groups excluding carboxylic acids is 3. The standard InChI is InChI=1S/C19H29N3O3/c1-19-10-5-11-21(19)18(25)22(17(19)24)15-8-12-20(13-9-15)16(23)14-6-3-2-4-7-14/h14-15H,2-13H2,1H3/t19-/m0/s1. The summed E-state index contributed by atoms with van der Waals surface area (Å²) in [5, 5.41) is 0. The highest BCUT2D eigenvalue weighted by Crippen LogP contribution is 2.39. The van der Waals surface area contributed by atoms with Gasteiger partial charge in [-0.05, 0) is 45.4 Å². The first kappa shape index (κ1) is 16.9. The van der Waals surface area contributed by atoms with Crippen LogP contribution in [0.15, 0.2) is 0 Å². The molecule has 138 valence electrons. The van der Waals surface area contributed by atoms with Gasteiger partial charge >= 0.3 is 6.03 Å². The molecule has 3 heterocycles. The molecule has 0 spiro atoms. The van der Waals surface area contributed by atoms with E-state index in [1.165, 1.54) is 11.3 Å². The van der Waals surface area contributed by atoms with Crippen molar-refractivity contribution in [2.24, 2.45) is 5.92 Å². The van der Waals surface area contributed by atoms with Crippen LogP contribution in [0.3, 0.4) is 0 Å². The highest BCUT2D eigenvalue weighted by Gasteiger charge is 2.58. The largest absolute Gasteiger partial charge is 0.342 e. The number of piperidine rings is 1. The predicted molar refractivity (Wildman–Crippen MR) is 92.8 cm³/mol. The molecule has 0 N–H and O–H groups in total. The molecule has 6 heteroatoms. The number of likely N-dealkylation sites (tertiary alicyclic amines) is 1. The van der Waals surface area contributed by atoms with Gasteiger partial charge in [-0.25, -0.2) is 4.79 Å². The minimum absolute atomic E-state index is 0.0212. The Morgan fingerprint density at radius 3 is 2.28 bits per heavy atom. The molecule has 0 aromatic rings. The van der Waals surface area contributed by atoms with Gasteiger partial charge in [0.05, 0.1) is 0 Å². The molecule has 4 rings (SSSR count). The molecule has 0 radical (unpaired) electrons. The van der Waals surface area contributed by atoms with E-state index in [0.717, 1.165) is 51.4 Å². The van der Waals surface area contributed by atoms with E-state index in [4.69, 9.17) is 0 Å². The van der Waals surface area contributed by atoms with Crippen LogP contribution in [-0.4, -0.2) is 63.8 Å². The molecule has 1 aliphatic carbocycles. The Morgan fingerprint density at radius 1 is 0.960 bits per heavy atom. The summed E-state index contributed by atoms with van der Waals surface area (Å²) in [7, 11) is 0. The number of hydrogen-bond acceptors (Lipinski definition) is 3. The van der Waals surface area contributed by atoms with E-state index in [2.05, 4.69) is 0 Å². The van der Waals surface area contributed by atoms with Crippen molar-refractivity contribution in [1.29, 1.82) is 0 Å². The van der Waals surface area contributed by atoms with Gasteiger partial charge in [-0.3, -0.25) is 14.5 Å². The highest BCUT2D eigenvalue weighted by molar-refractivity contribution is 6.07. The Kier molecular flexibility index (Phi) is 4.24. The molecule has 4 amide bonds. The summed E-state index contributed by atoms with van der Waals surface area (Å²) in [6, 6.07) is -0.153. The van der Waals surface area contributed by atoms with E-state index in [9.17, 15) is 14.4 Å². The number of urea groups is 1. The SMILES string of the molecule is C[C@@]12CCCN1C(=O)N(C1CCN(C(=O)C3CCCCC3)CC1)C2=O. The summed E-state index contributed by atoms with van der Waals surface area (Å²) >= 11 is 0. The number of hydrogen-bond donors (Lipinski definition) is 0. The van der Waals surface area contributed by atoms with Gasteiger partial charge in [0.2, 0.25) is 5.91 Å². The Labute approximate surface area is 149 Å². The molecule has 0 unspecified atom stereocenters. The van der Waals surface area contributed by atoms with Crippen molar-refractivity contribution in [3.8, 4) is 0 Å². The molecule has 6 nitrogen and oxygen atoms in total. The molecule has 0 aromatic carbocycles. The minimum Gasteiger partial charge on any atom is -0.342 e. The van der Waals surface area contributed by atoms with Crippen molar-refractivity contribution in [1.82, 2.24) is 14.7 Å². The monoisotopic (exact) mass is 347 g/mol. The van der Waals surface area contributed by atoms with Crippen LogP contribution in [0.4, 0.5) is 4.79 Å². The normalized spacial score (nSPS) is 31.8. The molecular weight excluding hydrogens is 318 g/mol. The Morgan fingerprint density at radius 2 is 1.64 bits per heavy atom. The third-order valence-corrected chi connectivity index (χ3v) is 6.85. The Hall–Kier alpha value is -1.59. The van der Waals surface area contributed by atoms with Crippen LogP contribution >= 0.6 is 0 Å².